The number of hydrogen-bond acceptors (Lipinski definition) is 5. The van der Waals surface area contributed by atoms with Crippen LogP contribution >= 0.6 is 0 Å². The molecule has 9 heteroatoms. The molecule has 0 spiro atoms. The molecule has 1 aliphatic heterocycles. The highest BCUT2D eigenvalue weighted by molar-refractivity contribution is 6.05. The zero-order chi connectivity index (χ0) is 22.0. The number of piperidine rings is 1. The monoisotopic (exact) mass is 412 g/mol. The Morgan fingerprint density at radius 2 is 1.83 bits per heavy atom. The average Bonchev–Trinajstić information content (AvgIpc) is 2.71. The standard InChI is InChI=1S/C21H24N4O5/c1-13-6-8-24(9-7-13)20(27)16-10-17(21(28)23(3)12-16)22-19(26)15-5-4-14(2)18(11-15)25(29)30/h4-5,10-13H,6-9H2,1-3H3,(H,22,26). The van der Waals surface area contributed by atoms with Gasteiger partial charge in [0.25, 0.3) is 23.1 Å². The van der Waals surface area contributed by atoms with Crippen LogP contribution in [-0.2, 0) is 7.05 Å². The molecule has 0 saturated carbocycles. The van der Waals surface area contributed by atoms with Gasteiger partial charge in [-0.25, -0.2) is 0 Å². The number of rotatable bonds is 4. The number of anilines is 1. The Labute approximate surface area is 173 Å². The summed E-state index contributed by atoms with van der Waals surface area (Å²) in [5, 5.41) is 13.6. The van der Waals surface area contributed by atoms with Crippen LogP contribution in [0.2, 0.25) is 0 Å². The van der Waals surface area contributed by atoms with Crippen molar-refractivity contribution < 1.29 is 14.5 Å². The number of likely N-dealkylation sites (tertiary alicyclic amines) is 1. The Bertz CT molecular complexity index is 1070. The highest BCUT2D eigenvalue weighted by Gasteiger charge is 2.23. The molecule has 1 N–H and O–H groups in total. The lowest BCUT2D eigenvalue weighted by atomic mass is 9.99. The van der Waals surface area contributed by atoms with E-state index in [0.717, 1.165) is 12.8 Å². The summed E-state index contributed by atoms with van der Waals surface area (Å²) in [5.74, 6) is -0.284. The number of amides is 2. The molecule has 1 aromatic heterocycles. The fourth-order valence-corrected chi connectivity index (χ4v) is 3.45. The number of nitro groups is 1. The molecular formula is C21H24N4O5. The first-order chi connectivity index (χ1) is 14.2. The molecule has 0 radical (unpaired) electrons. The number of pyridine rings is 1. The van der Waals surface area contributed by atoms with Crippen molar-refractivity contribution in [3.8, 4) is 0 Å². The van der Waals surface area contributed by atoms with Crippen molar-refractivity contribution in [2.45, 2.75) is 26.7 Å². The molecule has 1 aliphatic rings. The lowest BCUT2D eigenvalue weighted by molar-refractivity contribution is -0.385. The maximum atomic E-state index is 12.9. The van der Waals surface area contributed by atoms with Crippen LogP contribution in [0, 0.1) is 23.0 Å². The van der Waals surface area contributed by atoms with Crippen molar-refractivity contribution in [2.24, 2.45) is 13.0 Å². The SMILES string of the molecule is Cc1ccc(C(=O)Nc2cc(C(=O)N3CCC(C)CC3)cn(C)c2=O)cc1[N+](=O)[O-]. The fourth-order valence-electron chi connectivity index (χ4n) is 3.45. The maximum Gasteiger partial charge on any atom is 0.274 e. The summed E-state index contributed by atoms with van der Waals surface area (Å²) >= 11 is 0. The summed E-state index contributed by atoms with van der Waals surface area (Å²) < 4.78 is 1.24. The third-order valence-electron chi connectivity index (χ3n) is 5.42. The Kier molecular flexibility index (Phi) is 6.00. The van der Waals surface area contributed by atoms with Crippen LogP contribution in [-0.4, -0.2) is 39.3 Å². The van der Waals surface area contributed by atoms with E-state index in [9.17, 15) is 24.5 Å². The molecule has 0 aliphatic carbocycles. The van der Waals surface area contributed by atoms with E-state index >= 15 is 0 Å². The third-order valence-corrected chi connectivity index (χ3v) is 5.42. The Morgan fingerprint density at radius 1 is 1.17 bits per heavy atom. The van der Waals surface area contributed by atoms with Gasteiger partial charge in [-0.2, -0.15) is 0 Å². The zero-order valence-electron chi connectivity index (χ0n) is 17.2. The molecule has 2 amide bonds. The molecule has 2 heterocycles. The smallest absolute Gasteiger partial charge is 0.274 e. The Balaban J connectivity index is 1.87. The molecule has 0 atom stereocenters. The number of nitro benzene ring substituents is 1. The van der Waals surface area contributed by atoms with Crippen LogP contribution in [0.3, 0.4) is 0 Å². The molecule has 158 valence electrons. The van der Waals surface area contributed by atoms with Crippen molar-refractivity contribution in [3.63, 3.8) is 0 Å². The van der Waals surface area contributed by atoms with Crippen molar-refractivity contribution >= 4 is 23.2 Å². The van der Waals surface area contributed by atoms with E-state index in [-0.39, 0.29) is 22.8 Å². The van der Waals surface area contributed by atoms with E-state index in [0.29, 0.717) is 30.1 Å². The number of hydrogen-bond donors (Lipinski definition) is 1. The highest BCUT2D eigenvalue weighted by atomic mass is 16.6. The van der Waals surface area contributed by atoms with Crippen LogP contribution in [0.4, 0.5) is 11.4 Å². The molecule has 1 aromatic carbocycles. The van der Waals surface area contributed by atoms with Crippen LogP contribution in [0.15, 0.2) is 35.3 Å². The number of carbonyl (C=O) groups excluding carboxylic acids is 2. The van der Waals surface area contributed by atoms with Gasteiger partial charge < -0.3 is 14.8 Å². The number of benzene rings is 1. The van der Waals surface area contributed by atoms with E-state index in [4.69, 9.17) is 0 Å². The molecular weight excluding hydrogens is 388 g/mol. The molecule has 9 nitrogen and oxygen atoms in total. The van der Waals surface area contributed by atoms with Gasteiger partial charge in [-0.3, -0.25) is 24.5 Å². The van der Waals surface area contributed by atoms with E-state index in [2.05, 4.69) is 12.2 Å². The summed E-state index contributed by atoms with van der Waals surface area (Å²) in [6, 6.07) is 5.46. The Morgan fingerprint density at radius 3 is 2.47 bits per heavy atom. The van der Waals surface area contributed by atoms with Gasteiger partial charge >= 0.3 is 0 Å². The molecule has 0 unspecified atom stereocenters. The van der Waals surface area contributed by atoms with Crippen LogP contribution < -0.4 is 10.9 Å². The highest BCUT2D eigenvalue weighted by Crippen LogP contribution is 2.21. The quantitative estimate of drug-likeness (QED) is 0.612. The number of nitrogens with zero attached hydrogens (tertiary/aromatic N) is 3. The van der Waals surface area contributed by atoms with Crippen LogP contribution in [0.25, 0.3) is 0 Å². The number of carbonyl (C=O) groups is 2. The molecule has 1 saturated heterocycles. The van der Waals surface area contributed by atoms with Crippen LogP contribution in [0.5, 0.6) is 0 Å². The number of nitrogens with one attached hydrogen (secondary N) is 1. The van der Waals surface area contributed by atoms with Gasteiger partial charge in [0.15, 0.2) is 0 Å². The fraction of sp³-hybridized carbons (Fsp3) is 0.381. The maximum absolute atomic E-state index is 12.9. The van der Waals surface area contributed by atoms with Crippen molar-refractivity contribution in [3.05, 3.63) is 67.6 Å². The lowest BCUT2D eigenvalue weighted by Gasteiger charge is -2.30. The van der Waals surface area contributed by atoms with Gasteiger partial charge in [0.05, 0.1) is 10.5 Å². The van der Waals surface area contributed by atoms with Gasteiger partial charge in [-0.15, -0.1) is 0 Å². The van der Waals surface area contributed by atoms with Crippen molar-refractivity contribution in [2.75, 3.05) is 18.4 Å². The number of aryl methyl sites for hydroxylation is 2. The van der Waals surface area contributed by atoms with Gasteiger partial charge in [0.1, 0.15) is 5.69 Å². The van der Waals surface area contributed by atoms with Crippen molar-refractivity contribution in [1.29, 1.82) is 0 Å². The zero-order valence-corrected chi connectivity index (χ0v) is 17.2. The Hall–Kier alpha value is -3.49. The predicted molar refractivity (Wildman–Crippen MR) is 112 cm³/mol. The summed E-state index contributed by atoms with van der Waals surface area (Å²) in [4.78, 5) is 50.2. The summed E-state index contributed by atoms with van der Waals surface area (Å²) in [5.41, 5.74) is 0.0680. The second-order valence-corrected chi connectivity index (χ2v) is 7.75. The first-order valence-corrected chi connectivity index (χ1v) is 9.73. The normalized spacial score (nSPS) is 14.4. The first kappa shape index (κ1) is 21.2. The van der Waals surface area contributed by atoms with Gasteiger partial charge in [0, 0.05) is 43.5 Å². The van der Waals surface area contributed by atoms with E-state index in [1.807, 2.05) is 0 Å². The second kappa shape index (κ2) is 8.48. The number of aromatic nitrogens is 1. The molecule has 30 heavy (non-hydrogen) atoms. The summed E-state index contributed by atoms with van der Waals surface area (Å²) in [6.07, 6.45) is 3.30. The third kappa shape index (κ3) is 4.40. The minimum absolute atomic E-state index is 0.0519. The molecule has 3 rings (SSSR count). The summed E-state index contributed by atoms with van der Waals surface area (Å²) in [6.45, 7) is 5.03. The topological polar surface area (TPSA) is 115 Å². The van der Waals surface area contributed by atoms with E-state index in [1.165, 1.54) is 42.1 Å². The van der Waals surface area contributed by atoms with E-state index in [1.54, 1.807) is 11.8 Å². The first-order valence-electron chi connectivity index (χ1n) is 9.73. The lowest BCUT2D eigenvalue weighted by Crippen LogP contribution is -2.38. The summed E-state index contributed by atoms with van der Waals surface area (Å²) in [7, 11) is 1.50. The van der Waals surface area contributed by atoms with Gasteiger partial charge in [-0.1, -0.05) is 13.0 Å². The predicted octanol–water partition coefficient (Wildman–Crippen LogP) is 2.73. The van der Waals surface area contributed by atoms with Gasteiger partial charge in [-0.05, 0) is 37.8 Å². The van der Waals surface area contributed by atoms with Crippen LogP contribution in [0.1, 0.15) is 46.0 Å². The van der Waals surface area contributed by atoms with Crippen molar-refractivity contribution in [1.82, 2.24) is 9.47 Å². The molecule has 1 fully saturated rings. The molecule has 2 aromatic rings. The largest absolute Gasteiger partial charge is 0.339 e. The minimum atomic E-state index is -0.661. The van der Waals surface area contributed by atoms with E-state index < -0.39 is 16.4 Å². The molecule has 0 bridgehead atoms. The van der Waals surface area contributed by atoms with Gasteiger partial charge in [0.2, 0.25) is 0 Å². The minimum Gasteiger partial charge on any atom is -0.339 e. The average molecular weight is 412 g/mol. The second-order valence-electron chi connectivity index (χ2n) is 7.75.